The number of hydrogen-bond acceptors (Lipinski definition) is 7. The summed E-state index contributed by atoms with van der Waals surface area (Å²) in [5.41, 5.74) is 4.18. The molecule has 5 rings (SSSR count). The van der Waals surface area contributed by atoms with Crippen molar-refractivity contribution in [1.29, 1.82) is 0 Å². The maximum Gasteiger partial charge on any atom is 0.272 e. The smallest absolute Gasteiger partial charge is 0.272 e. The Hall–Kier alpha value is -4.31. The van der Waals surface area contributed by atoms with E-state index < -0.39 is 0 Å². The number of anilines is 2. The van der Waals surface area contributed by atoms with E-state index in [1.807, 2.05) is 42.6 Å². The van der Waals surface area contributed by atoms with E-state index in [2.05, 4.69) is 20.4 Å². The highest BCUT2D eigenvalue weighted by molar-refractivity contribution is 5.94. The average molecular weight is 472 g/mol. The van der Waals surface area contributed by atoms with Crippen LogP contribution >= 0.6 is 0 Å². The summed E-state index contributed by atoms with van der Waals surface area (Å²) >= 11 is 0. The van der Waals surface area contributed by atoms with Crippen LogP contribution in [0, 0.1) is 0 Å². The zero-order valence-electron chi connectivity index (χ0n) is 19.5. The molecule has 0 bridgehead atoms. The van der Waals surface area contributed by atoms with E-state index in [1.165, 1.54) is 0 Å². The van der Waals surface area contributed by atoms with E-state index in [9.17, 15) is 9.59 Å². The molecule has 3 aromatic heterocycles. The number of carbonyl (C=O) groups is 2. The fourth-order valence-electron chi connectivity index (χ4n) is 3.89. The van der Waals surface area contributed by atoms with Gasteiger partial charge in [0, 0.05) is 44.5 Å². The summed E-state index contributed by atoms with van der Waals surface area (Å²) in [6, 6.07) is 14.8. The maximum atomic E-state index is 12.6. The molecule has 2 amide bonds. The van der Waals surface area contributed by atoms with E-state index in [0.29, 0.717) is 54.8 Å². The monoisotopic (exact) mass is 471 g/mol. The van der Waals surface area contributed by atoms with Crippen molar-refractivity contribution >= 4 is 29.1 Å². The number of amides is 2. The fraction of sp³-hybridized carbons (Fsp3) is 0.240. The van der Waals surface area contributed by atoms with Crippen molar-refractivity contribution in [3.63, 3.8) is 0 Å². The topological polar surface area (TPSA) is 105 Å². The van der Waals surface area contributed by atoms with E-state index in [4.69, 9.17) is 4.74 Å². The number of hydrogen-bond donors (Lipinski definition) is 1. The predicted octanol–water partition coefficient (Wildman–Crippen LogP) is 2.71. The zero-order valence-corrected chi connectivity index (χ0v) is 19.5. The van der Waals surface area contributed by atoms with Crippen LogP contribution in [-0.4, -0.2) is 81.6 Å². The SMILES string of the molecule is CN(C)C(=O)c1ccc(-c2cccn3nc(Nc4ccc(C(=O)N5CCOCC5)nc4)nc23)cc1. The number of ether oxygens (including phenoxy) is 1. The molecule has 1 N–H and O–H groups in total. The lowest BCUT2D eigenvalue weighted by atomic mass is 10.0. The van der Waals surface area contributed by atoms with Gasteiger partial charge in [-0.05, 0) is 42.0 Å². The van der Waals surface area contributed by atoms with Gasteiger partial charge in [-0.25, -0.2) is 9.50 Å². The quantitative estimate of drug-likeness (QED) is 0.477. The third-order valence-corrected chi connectivity index (χ3v) is 5.75. The van der Waals surface area contributed by atoms with Crippen LogP contribution < -0.4 is 5.32 Å². The normalized spacial score (nSPS) is 13.6. The number of carbonyl (C=O) groups excluding carboxylic acids is 2. The summed E-state index contributed by atoms with van der Waals surface area (Å²) in [7, 11) is 3.46. The van der Waals surface area contributed by atoms with Gasteiger partial charge in [-0.1, -0.05) is 12.1 Å². The van der Waals surface area contributed by atoms with Gasteiger partial charge in [0.2, 0.25) is 5.95 Å². The average Bonchev–Trinajstić information content (AvgIpc) is 3.31. The Morgan fingerprint density at radius 3 is 2.49 bits per heavy atom. The molecular weight excluding hydrogens is 446 g/mol. The number of pyridine rings is 2. The number of rotatable bonds is 5. The van der Waals surface area contributed by atoms with E-state index in [1.54, 1.807) is 46.7 Å². The number of nitrogens with zero attached hydrogens (tertiary/aromatic N) is 6. The van der Waals surface area contributed by atoms with Gasteiger partial charge in [0.15, 0.2) is 5.65 Å². The minimum Gasteiger partial charge on any atom is -0.378 e. The van der Waals surface area contributed by atoms with Crippen LogP contribution in [0.2, 0.25) is 0 Å². The van der Waals surface area contributed by atoms with Crippen molar-refractivity contribution in [3.8, 4) is 11.1 Å². The summed E-state index contributed by atoms with van der Waals surface area (Å²) in [5, 5.41) is 7.66. The van der Waals surface area contributed by atoms with Crippen molar-refractivity contribution in [3.05, 3.63) is 72.2 Å². The number of benzene rings is 1. The summed E-state index contributed by atoms with van der Waals surface area (Å²) < 4.78 is 7.00. The summed E-state index contributed by atoms with van der Waals surface area (Å²) in [6.45, 7) is 2.24. The number of morpholine rings is 1. The van der Waals surface area contributed by atoms with Crippen molar-refractivity contribution in [2.45, 2.75) is 0 Å². The number of nitrogens with one attached hydrogen (secondary N) is 1. The first kappa shape index (κ1) is 22.5. The molecule has 178 valence electrons. The third kappa shape index (κ3) is 4.69. The molecule has 35 heavy (non-hydrogen) atoms. The Balaban J connectivity index is 1.35. The van der Waals surface area contributed by atoms with Gasteiger partial charge in [0.05, 0.1) is 25.1 Å². The molecule has 1 fully saturated rings. The standard InChI is InChI=1S/C25H25N7O3/c1-30(2)23(33)18-7-5-17(6-8-18)20-4-3-11-32-22(20)28-25(29-32)27-19-9-10-21(26-16-19)24(34)31-12-14-35-15-13-31/h3-11,16H,12-15H2,1-2H3,(H,27,29). The summed E-state index contributed by atoms with van der Waals surface area (Å²) in [6.07, 6.45) is 3.42. The molecule has 0 aliphatic carbocycles. The molecule has 1 saturated heterocycles. The lowest BCUT2D eigenvalue weighted by Crippen LogP contribution is -2.41. The molecule has 0 atom stereocenters. The maximum absolute atomic E-state index is 12.6. The third-order valence-electron chi connectivity index (χ3n) is 5.75. The second kappa shape index (κ2) is 9.51. The first-order valence-corrected chi connectivity index (χ1v) is 11.3. The van der Waals surface area contributed by atoms with Crippen LogP contribution in [0.4, 0.5) is 11.6 Å². The second-order valence-corrected chi connectivity index (χ2v) is 8.36. The van der Waals surface area contributed by atoms with E-state index in [0.717, 1.165) is 11.1 Å². The fourth-order valence-corrected chi connectivity index (χ4v) is 3.89. The number of aromatic nitrogens is 4. The van der Waals surface area contributed by atoms with Crippen LogP contribution in [0.3, 0.4) is 0 Å². The lowest BCUT2D eigenvalue weighted by molar-refractivity contribution is 0.0299. The molecule has 1 aliphatic heterocycles. The van der Waals surface area contributed by atoms with Crippen LogP contribution in [0.15, 0.2) is 60.9 Å². The zero-order chi connectivity index (χ0) is 24.4. The largest absolute Gasteiger partial charge is 0.378 e. The molecule has 4 aromatic rings. The molecule has 0 spiro atoms. The highest BCUT2D eigenvalue weighted by Crippen LogP contribution is 2.25. The highest BCUT2D eigenvalue weighted by Gasteiger charge is 2.19. The minimum absolute atomic E-state index is 0.0463. The minimum atomic E-state index is -0.103. The molecule has 1 aromatic carbocycles. The first-order chi connectivity index (χ1) is 17.0. The molecule has 0 unspecified atom stereocenters. The van der Waals surface area contributed by atoms with Crippen molar-refractivity contribution in [2.24, 2.45) is 0 Å². The van der Waals surface area contributed by atoms with Crippen LogP contribution in [0.25, 0.3) is 16.8 Å². The first-order valence-electron chi connectivity index (χ1n) is 11.3. The molecule has 1 aliphatic rings. The molecule has 10 nitrogen and oxygen atoms in total. The second-order valence-electron chi connectivity index (χ2n) is 8.36. The van der Waals surface area contributed by atoms with Crippen LogP contribution in [-0.2, 0) is 4.74 Å². The van der Waals surface area contributed by atoms with Gasteiger partial charge in [-0.15, -0.1) is 5.10 Å². The van der Waals surface area contributed by atoms with Crippen molar-refractivity contribution in [1.82, 2.24) is 29.4 Å². The lowest BCUT2D eigenvalue weighted by Gasteiger charge is -2.26. The Morgan fingerprint density at radius 1 is 1.03 bits per heavy atom. The van der Waals surface area contributed by atoms with Crippen LogP contribution in [0.1, 0.15) is 20.8 Å². The predicted molar refractivity (Wildman–Crippen MR) is 131 cm³/mol. The Bertz CT molecular complexity index is 1360. The van der Waals surface area contributed by atoms with Crippen LogP contribution in [0.5, 0.6) is 0 Å². The van der Waals surface area contributed by atoms with Crippen molar-refractivity contribution in [2.75, 3.05) is 45.7 Å². The van der Waals surface area contributed by atoms with E-state index in [-0.39, 0.29) is 11.8 Å². The van der Waals surface area contributed by atoms with Gasteiger partial charge in [0.1, 0.15) is 5.69 Å². The molecule has 4 heterocycles. The summed E-state index contributed by atoms with van der Waals surface area (Å²) in [5.74, 6) is 0.259. The van der Waals surface area contributed by atoms with Gasteiger partial charge in [-0.3, -0.25) is 9.59 Å². The molecule has 0 saturated carbocycles. The van der Waals surface area contributed by atoms with Gasteiger partial charge < -0.3 is 19.9 Å². The molecule has 0 radical (unpaired) electrons. The Kier molecular flexibility index (Phi) is 6.11. The van der Waals surface area contributed by atoms with Gasteiger partial charge in [-0.2, -0.15) is 4.98 Å². The summed E-state index contributed by atoms with van der Waals surface area (Å²) in [4.78, 5) is 37.0. The molecule has 10 heteroatoms. The van der Waals surface area contributed by atoms with Gasteiger partial charge in [0.25, 0.3) is 11.8 Å². The Morgan fingerprint density at radius 2 is 1.80 bits per heavy atom. The van der Waals surface area contributed by atoms with Crippen molar-refractivity contribution < 1.29 is 14.3 Å². The molecular formula is C25H25N7O3. The highest BCUT2D eigenvalue weighted by atomic mass is 16.5. The van der Waals surface area contributed by atoms with Gasteiger partial charge >= 0.3 is 0 Å². The van der Waals surface area contributed by atoms with E-state index >= 15 is 0 Å². The number of fused-ring (bicyclic) bond motifs is 1. The Labute approximate surface area is 202 Å².